The Balaban J connectivity index is 1.97. The van der Waals surface area contributed by atoms with Crippen LogP contribution < -0.4 is 5.73 Å². The molecule has 2 N–H and O–H groups in total. The van der Waals surface area contributed by atoms with Crippen molar-refractivity contribution in [2.45, 2.75) is 85.1 Å². The van der Waals surface area contributed by atoms with Gasteiger partial charge in [0, 0.05) is 24.7 Å². The summed E-state index contributed by atoms with van der Waals surface area (Å²) in [6, 6.07) is 5.83. The van der Waals surface area contributed by atoms with Crippen molar-refractivity contribution in [1.82, 2.24) is 9.47 Å². The van der Waals surface area contributed by atoms with E-state index in [1.54, 1.807) is 11.1 Å². The molecule has 0 spiro atoms. The van der Waals surface area contributed by atoms with Crippen LogP contribution in [0.2, 0.25) is 0 Å². The van der Waals surface area contributed by atoms with E-state index >= 15 is 0 Å². The maximum atomic E-state index is 13.0. The Morgan fingerprint density at radius 3 is 2.28 bits per heavy atom. The Labute approximate surface area is 190 Å². The third-order valence-corrected chi connectivity index (χ3v) is 5.49. The van der Waals surface area contributed by atoms with Gasteiger partial charge in [-0.25, -0.2) is 9.59 Å². The van der Waals surface area contributed by atoms with Crippen LogP contribution in [0.3, 0.4) is 0 Å². The molecule has 7 nitrogen and oxygen atoms in total. The summed E-state index contributed by atoms with van der Waals surface area (Å²) in [4.78, 5) is 27.7. The highest BCUT2D eigenvalue weighted by Gasteiger charge is 2.29. The van der Waals surface area contributed by atoms with Crippen LogP contribution in [0.15, 0.2) is 24.4 Å². The molecule has 0 aliphatic heterocycles. The van der Waals surface area contributed by atoms with E-state index in [4.69, 9.17) is 15.2 Å². The lowest BCUT2D eigenvalue weighted by atomic mass is 9.85. The number of nitrogens with two attached hydrogens (primary N) is 1. The molecule has 0 unspecified atom stereocenters. The Morgan fingerprint density at radius 2 is 1.75 bits per heavy atom. The van der Waals surface area contributed by atoms with Crippen molar-refractivity contribution >= 4 is 23.1 Å². The minimum Gasteiger partial charge on any atom is -0.444 e. The number of carbonyl (C=O) groups is 2. The lowest BCUT2D eigenvalue weighted by Crippen LogP contribution is -2.40. The molecule has 32 heavy (non-hydrogen) atoms. The number of nitrogens with zero attached hydrogens (tertiary/aromatic N) is 2. The summed E-state index contributed by atoms with van der Waals surface area (Å²) in [5.41, 5.74) is 7.17. The van der Waals surface area contributed by atoms with Gasteiger partial charge in [-0.15, -0.1) is 0 Å². The van der Waals surface area contributed by atoms with Crippen molar-refractivity contribution in [2.24, 2.45) is 11.7 Å². The standard InChI is InChI=1S/C25H37N3O4/c1-24(2,3)31-22(29)27(14-17-8-7-9-17)15-19-16-28(23(30)32-25(4,5)6)21-12-18(13-26)10-11-20(19)21/h10-12,16-17H,7-9,13-15,26H2,1-6H3. The third-order valence-electron chi connectivity index (χ3n) is 5.49. The van der Waals surface area contributed by atoms with Gasteiger partial charge in [0.1, 0.15) is 11.2 Å². The van der Waals surface area contributed by atoms with E-state index in [1.165, 1.54) is 11.0 Å². The molecule has 3 rings (SSSR count). The van der Waals surface area contributed by atoms with Gasteiger partial charge in [-0.3, -0.25) is 4.57 Å². The second-order valence-corrected chi connectivity index (χ2v) is 10.7. The molecule has 0 atom stereocenters. The van der Waals surface area contributed by atoms with Gasteiger partial charge < -0.3 is 20.1 Å². The molecule has 1 aliphatic rings. The Bertz CT molecular complexity index is 977. The van der Waals surface area contributed by atoms with Crippen LogP contribution in [0.4, 0.5) is 9.59 Å². The van der Waals surface area contributed by atoms with E-state index in [-0.39, 0.29) is 6.09 Å². The number of amides is 1. The zero-order valence-electron chi connectivity index (χ0n) is 20.2. The van der Waals surface area contributed by atoms with Crippen LogP contribution in [-0.2, 0) is 22.6 Å². The summed E-state index contributed by atoms with van der Waals surface area (Å²) in [6.45, 7) is 12.5. The number of aromatic nitrogens is 1. The van der Waals surface area contributed by atoms with E-state index < -0.39 is 17.3 Å². The smallest absolute Gasteiger partial charge is 0.419 e. The highest BCUT2D eigenvalue weighted by Crippen LogP contribution is 2.30. The lowest BCUT2D eigenvalue weighted by Gasteiger charge is -2.33. The largest absolute Gasteiger partial charge is 0.444 e. The van der Waals surface area contributed by atoms with Crippen molar-refractivity contribution in [2.75, 3.05) is 6.54 Å². The highest BCUT2D eigenvalue weighted by atomic mass is 16.6. The molecule has 0 radical (unpaired) electrons. The number of hydrogen-bond donors (Lipinski definition) is 1. The molecular formula is C25H37N3O4. The van der Waals surface area contributed by atoms with Crippen molar-refractivity contribution in [3.05, 3.63) is 35.5 Å². The van der Waals surface area contributed by atoms with E-state index in [0.29, 0.717) is 25.6 Å². The molecule has 7 heteroatoms. The number of ether oxygens (including phenoxy) is 2. The van der Waals surface area contributed by atoms with Crippen molar-refractivity contribution < 1.29 is 19.1 Å². The van der Waals surface area contributed by atoms with Gasteiger partial charge >= 0.3 is 12.2 Å². The van der Waals surface area contributed by atoms with Crippen molar-refractivity contribution in [3.63, 3.8) is 0 Å². The number of hydrogen-bond acceptors (Lipinski definition) is 5. The fourth-order valence-electron chi connectivity index (χ4n) is 3.78. The third kappa shape index (κ3) is 6.03. The van der Waals surface area contributed by atoms with Crippen LogP contribution in [0, 0.1) is 5.92 Å². The lowest BCUT2D eigenvalue weighted by molar-refractivity contribution is 0.0174. The molecule has 1 saturated carbocycles. The molecule has 1 fully saturated rings. The Morgan fingerprint density at radius 1 is 1.09 bits per heavy atom. The molecule has 2 aromatic rings. The van der Waals surface area contributed by atoms with Gasteiger partial charge in [0.25, 0.3) is 0 Å². The summed E-state index contributed by atoms with van der Waals surface area (Å²) in [6.07, 6.45) is 4.44. The number of benzene rings is 1. The minimum atomic E-state index is -0.619. The van der Waals surface area contributed by atoms with Crippen molar-refractivity contribution in [1.29, 1.82) is 0 Å². The quantitative estimate of drug-likeness (QED) is 0.667. The van der Waals surface area contributed by atoms with Crippen molar-refractivity contribution in [3.8, 4) is 0 Å². The van der Waals surface area contributed by atoms with Crippen LogP contribution >= 0.6 is 0 Å². The van der Waals surface area contributed by atoms with E-state index in [1.807, 2.05) is 59.7 Å². The number of carbonyl (C=O) groups excluding carboxylic acids is 2. The topological polar surface area (TPSA) is 86.8 Å². The summed E-state index contributed by atoms with van der Waals surface area (Å²) in [7, 11) is 0. The number of rotatable bonds is 5. The average Bonchev–Trinajstić information content (AvgIpc) is 2.98. The van der Waals surface area contributed by atoms with Gasteiger partial charge in [0.15, 0.2) is 0 Å². The van der Waals surface area contributed by atoms with Crippen LogP contribution in [0.1, 0.15) is 71.9 Å². The first-order valence-electron chi connectivity index (χ1n) is 11.4. The molecule has 1 heterocycles. The Kier molecular flexibility index (Phi) is 6.89. The summed E-state index contributed by atoms with van der Waals surface area (Å²) in [5.74, 6) is 0.491. The predicted octanol–water partition coefficient (Wildman–Crippen LogP) is 5.42. The Hall–Kier alpha value is -2.54. The molecule has 176 valence electrons. The van der Waals surface area contributed by atoms with E-state index in [9.17, 15) is 9.59 Å². The van der Waals surface area contributed by atoms with E-state index in [0.717, 1.165) is 34.9 Å². The SMILES string of the molecule is CC(C)(C)OC(=O)N(Cc1cn(C(=O)OC(C)(C)C)c2cc(CN)ccc12)CC1CCC1. The van der Waals surface area contributed by atoms with Gasteiger partial charge in [0.05, 0.1) is 12.1 Å². The first-order valence-corrected chi connectivity index (χ1v) is 11.4. The monoisotopic (exact) mass is 443 g/mol. The van der Waals surface area contributed by atoms with Gasteiger partial charge in [0.2, 0.25) is 0 Å². The average molecular weight is 444 g/mol. The first kappa shape index (κ1) is 24.1. The summed E-state index contributed by atoms with van der Waals surface area (Å²) in [5, 5.41) is 0.898. The van der Waals surface area contributed by atoms with Gasteiger partial charge in [-0.2, -0.15) is 0 Å². The fourth-order valence-corrected chi connectivity index (χ4v) is 3.78. The van der Waals surface area contributed by atoms with Crippen LogP contribution in [0.5, 0.6) is 0 Å². The second kappa shape index (κ2) is 9.14. The molecule has 0 bridgehead atoms. The predicted molar refractivity (Wildman–Crippen MR) is 125 cm³/mol. The van der Waals surface area contributed by atoms with E-state index in [2.05, 4.69) is 0 Å². The first-order chi connectivity index (χ1) is 14.9. The maximum absolute atomic E-state index is 13.0. The fraction of sp³-hybridized carbons (Fsp3) is 0.600. The molecule has 1 amide bonds. The van der Waals surface area contributed by atoms with Gasteiger partial charge in [-0.1, -0.05) is 18.6 Å². The van der Waals surface area contributed by atoms with Crippen LogP contribution in [-0.4, -0.2) is 39.4 Å². The zero-order chi connectivity index (χ0) is 23.7. The molecule has 1 aliphatic carbocycles. The minimum absolute atomic E-state index is 0.332. The molecule has 0 saturated heterocycles. The zero-order valence-corrected chi connectivity index (χ0v) is 20.2. The maximum Gasteiger partial charge on any atom is 0.419 e. The highest BCUT2D eigenvalue weighted by molar-refractivity contribution is 5.92. The molecule has 1 aromatic heterocycles. The second-order valence-electron chi connectivity index (χ2n) is 10.7. The normalized spacial score (nSPS) is 14.8. The molecular weight excluding hydrogens is 406 g/mol. The summed E-state index contributed by atoms with van der Waals surface area (Å²) >= 11 is 0. The van der Waals surface area contributed by atoms with Crippen LogP contribution in [0.25, 0.3) is 10.9 Å². The number of fused-ring (bicyclic) bond motifs is 1. The van der Waals surface area contributed by atoms with Gasteiger partial charge in [-0.05, 0) is 77.5 Å². The summed E-state index contributed by atoms with van der Waals surface area (Å²) < 4.78 is 12.8. The molecule has 1 aromatic carbocycles.